The number of rotatable bonds is 3. The molecule has 1 atom stereocenters. The van der Waals surface area contributed by atoms with Crippen LogP contribution in [0.4, 0.5) is 0 Å². The van der Waals surface area contributed by atoms with Crippen LogP contribution in [0.3, 0.4) is 0 Å². The Balaban J connectivity index is 1.53. The second-order valence-electron chi connectivity index (χ2n) is 10.0. The maximum Gasteiger partial charge on any atom is 0.0691 e. The first-order chi connectivity index (χ1) is 16.0. The van der Waals surface area contributed by atoms with Gasteiger partial charge in [0.25, 0.3) is 0 Å². The molecule has 0 saturated carbocycles. The predicted molar refractivity (Wildman–Crippen MR) is 138 cm³/mol. The van der Waals surface area contributed by atoms with Gasteiger partial charge in [0, 0.05) is 25.6 Å². The third kappa shape index (κ3) is 3.51. The fourth-order valence-corrected chi connectivity index (χ4v) is 5.75. The summed E-state index contributed by atoms with van der Waals surface area (Å²) in [5.74, 6) is 0.0629. The van der Waals surface area contributed by atoms with E-state index in [4.69, 9.17) is 0 Å². The number of allylic oxidation sites excluding steroid dienone is 2. The third-order valence-corrected chi connectivity index (χ3v) is 7.25. The molecule has 4 aromatic carbocycles. The van der Waals surface area contributed by atoms with Crippen LogP contribution in [0.15, 0.2) is 96.6 Å². The molecule has 0 spiro atoms. The zero-order valence-electron chi connectivity index (χ0n) is 19.3. The molecule has 0 saturated heterocycles. The fourth-order valence-electron chi connectivity index (χ4n) is 5.75. The van der Waals surface area contributed by atoms with Crippen LogP contribution < -0.4 is 0 Å². The minimum atomic E-state index is -0.757. The van der Waals surface area contributed by atoms with E-state index in [9.17, 15) is 5.11 Å². The Labute approximate surface area is 195 Å². The molecule has 1 N–H and O–H groups in total. The highest BCUT2D eigenvalue weighted by atomic mass is 16.3. The molecule has 0 aromatic heterocycles. The van der Waals surface area contributed by atoms with Crippen LogP contribution in [0.2, 0.25) is 0 Å². The summed E-state index contributed by atoms with van der Waals surface area (Å²) in [6, 6.07) is 26.7. The summed E-state index contributed by atoms with van der Waals surface area (Å²) in [6.45, 7) is 6.44. The Morgan fingerprint density at radius 3 is 1.88 bits per heavy atom. The van der Waals surface area contributed by atoms with E-state index < -0.39 is 5.60 Å². The summed E-state index contributed by atoms with van der Waals surface area (Å²) in [4.78, 5) is 2.53. The van der Waals surface area contributed by atoms with Crippen LogP contribution in [0.1, 0.15) is 25.0 Å². The first-order valence-electron chi connectivity index (χ1n) is 11.8. The Bertz CT molecular complexity index is 1350. The Kier molecular flexibility index (Phi) is 4.76. The second-order valence-corrected chi connectivity index (χ2v) is 10.0. The minimum absolute atomic E-state index is 0.0629. The molecule has 0 bridgehead atoms. The van der Waals surface area contributed by atoms with E-state index in [2.05, 4.69) is 95.9 Å². The van der Waals surface area contributed by atoms with Crippen molar-refractivity contribution in [2.24, 2.45) is 5.92 Å². The zero-order chi connectivity index (χ0) is 22.6. The Morgan fingerprint density at radius 2 is 1.33 bits per heavy atom. The van der Waals surface area contributed by atoms with Gasteiger partial charge in [0.1, 0.15) is 0 Å². The molecule has 0 fully saturated rings. The molecule has 6 rings (SSSR count). The van der Waals surface area contributed by atoms with Gasteiger partial charge in [-0.15, -0.1) is 0 Å². The normalized spacial score (nSPS) is 18.3. The molecule has 1 aliphatic carbocycles. The molecule has 1 heterocycles. The van der Waals surface area contributed by atoms with E-state index in [1.165, 1.54) is 49.4 Å². The van der Waals surface area contributed by atoms with Crippen molar-refractivity contribution >= 4 is 21.5 Å². The van der Waals surface area contributed by atoms with Crippen molar-refractivity contribution in [2.45, 2.75) is 32.5 Å². The van der Waals surface area contributed by atoms with Gasteiger partial charge in [-0.25, -0.2) is 0 Å². The first-order valence-corrected chi connectivity index (χ1v) is 11.8. The van der Waals surface area contributed by atoms with Crippen molar-refractivity contribution in [1.29, 1.82) is 0 Å². The Hall–Kier alpha value is -3.20. The second kappa shape index (κ2) is 7.69. The average molecular weight is 432 g/mol. The maximum atomic E-state index is 10.7. The average Bonchev–Trinajstić information content (AvgIpc) is 3.21. The summed E-state index contributed by atoms with van der Waals surface area (Å²) in [6.07, 6.45) is 6.42. The molecule has 1 aliphatic heterocycles. The van der Waals surface area contributed by atoms with E-state index in [-0.39, 0.29) is 5.92 Å². The SMILES string of the molecule is CC(C)(O)C1C=CC=C1CN1Cc2ccc3ccccc3c2-c2c(ccc3ccccc23)C1. The molecule has 2 aliphatic rings. The van der Waals surface area contributed by atoms with Gasteiger partial charge in [0.2, 0.25) is 0 Å². The van der Waals surface area contributed by atoms with Gasteiger partial charge < -0.3 is 5.11 Å². The van der Waals surface area contributed by atoms with Crippen LogP contribution in [-0.4, -0.2) is 22.2 Å². The quantitative estimate of drug-likeness (QED) is 0.383. The molecule has 4 aromatic rings. The van der Waals surface area contributed by atoms with Crippen molar-refractivity contribution in [2.75, 3.05) is 6.54 Å². The summed E-state index contributed by atoms with van der Waals surface area (Å²) >= 11 is 0. The lowest BCUT2D eigenvalue weighted by molar-refractivity contribution is 0.0483. The predicted octanol–water partition coefficient (Wildman–Crippen LogP) is 6.86. The number of aliphatic hydroxyl groups is 1. The van der Waals surface area contributed by atoms with Gasteiger partial charge in [0.15, 0.2) is 0 Å². The topological polar surface area (TPSA) is 23.5 Å². The van der Waals surface area contributed by atoms with E-state index in [0.29, 0.717) is 0 Å². The van der Waals surface area contributed by atoms with Gasteiger partial charge in [-0.3, -0.25) is 4.90 Å². The zero-order valence-corrected chi connectivity index (χ0v) is 19.3. The summed E-state index contributed by atoms with van der Waals surface area (Å²) in [5, 5.41) is 15.9. The number of hydrogen-bond donors (Lipinski definition) is 1. The van der Waals surface area contributed by atoms with Crippen LogP contribution in [-0.2, 0) is 13.1 Å². The van der Waals surface area contributed by atoms with Gasteiger partial charge in [-0.2, -0.15) is 0 Å². The van der Waals surface area contributed by atoms with Gasteiger partial charge >= 0.3 is 0 Å². The van der Waals surface area contributed by atoms with Gasteiger partial charge in [0.05, 0.1) is 5.60 Å². The van der Waals surface area contributed by atoms with Crippen molar-refractivity contribution < 1.29 is 5.11 Å². The molecule has 33 heavy (non-hydrogen) atoms. The maximum absolute atomic E-state index is 10.7. The Morgan fingerprint density at radius 1 is 0.788 bits per heavy atom. The lowest BCUT2D eigenvalue weighted by atomic mass is 9.86. The highest BCUT2D eigenvalue weighted by Crippen LogP contribution is 2.42. The summed E-state index contributed by atoms with van der Waals surface area (Å²) in [5.41, 5.74) is 6.02. The third-order valence-electron chi connectivity index (χ3n) is 7.25. The molecular formula is C31H29NO. The molecule has 2 nitrogen and oxygen atoms in total. The largest absolute Gasteiger partial charge is 0.390 e. The van der Waals surface area contributed by atoms with Crippen molar-refractivity contribution in [3.63, 3.8) is 0 Å². The lowest BCUT2D eigenvalue weighted by Gasteiger charge is -2.30. The number of hydrogen-bond acceptors (Lipinski definition) is 2. The molecule has 0 radical (unpaired) electrons. The van der Waals surface area contributed by atoms with E-state index >= 15 is 0 Å². The number of fused-ring (bicyclic) bond motifs is 7. The monoisotopic (exact) mass is 431 g/mol. The van der Waals surface area contributed by atoms with Crippen LogP contribution in [0.5, 0.6) is 0 Å². The van der Waals surface area contributed by atoms with Crippen molar-refractivity contribution in [1.82, 2.24) is 4.90 Å². The van der Waals surface area contributed by atoms with E-state index in [0.717, 1.165) is 19.6 Å². The summed E-state index contributed by atoms with van der Waals surface area (Å²) < 4.78 is 0. The van der Waals surface area contributed by atoms with E-state index in [1.807, 2.05) is 13.8 Å². The van der Waals surface area contributed by atoms with Crippen LogP contribution in [0, 0.1) is 5.92 Å². The number of benzene rings is 4. The molecule has 1 unspecified atom stereocenters. The molecule has 0 amide bonds. The fraction of sp³-hybridized carbons (Fsp3) is 0.226. The standard InChI is InChI=1S/C31H29NO/c1-31(2,33)28-13-7-10-23(28)18-32-19-24-16-14-21-8-3-5-11-26(21)29(24)30-25(20-32)17-15-22-9-4-6-12-27(22)30/h3-17,28,33H,18-20H2,1-2H3. The van der Waals surface area contributed by atoms with E-state index in [1.54, 1.807) is 0 Å². The summed E-state index contributed by atoms with van der Waals surface area (Å²) in [7, 11) is 0. The van der Waals surface area contributed by atoms with Crippen molar-refractivity contribution in [3.05, 3.63) is 108 Å². The molecule has 2 heteroatoms. The number of nitrogens with zero attached hydrogens (tertiary/aromatic N) is 1. The van der Waals surface area contributed by atoms with Crippen molar-refractivity contribution in [3.8, 4) is 11.1 Å². The highest BCUT2D eigenvalue weighted by molar-refractivity contribution is 6.08. The van der Waals surface area contributed by atoms with Gasteiger partial charge in [-0.1, -0.05) is 91.0 Å². The minimum Gasteiger partial charge on any atom is -0.390 e. The highest BCUT2D eigenvalue weighted by Gasteiger charge is 2.31. The van der Waals surface area contributed by atoms with Crippen LogP contribution in [0.25, 0.3) is 32.7 Å². The first kappa shape index (κ1) is 20.4. The molecule has 164 valence electrons. The van der Waals surface area contributed by atoms with Gasteiger partial charge in [-0.05, 0) is 63.2 Å². The molecular weight excluding hydrogens is 402 g/mol. The lowest BCUT2D eigenvalue weighted by Crippen LogP contribution is -2.34. The smallest absolute Gasteiger partial charge is 0.0691 e. The van der Waals surface area contributed by atoms with Crippen LogP contribution >= 0.6 is 0 Å².